The Morgan fingerprint density at radius 1 is 1.17 bits per heavy atom. The number of hydrogen-bond acceptors (Lipinski definition) is 5. The first-order valence-electron chi connectivity index (χ1n) is 8.49. The molecule has 1 aromatic heterocycles. The Morgan fingerprint density at radius 3 is 2.54 bits per heavy atom. The van der Waals surface area contributed by atoms with Crippen LogP contribution in [0.25, 0.3) is 10.9 Å². The topological polar surface area (TPSA) is 92.1 Å². The number of nitro groups is 1. The molecule has 4 rings (SSSR count). The second-order valence-electron chi connectivity index (χ2n) is 7.04. The van der Waals surface area contributed by atoms with E-state index in [-0.39, 0.29) is 16.6 Å². The second-order valence-corrected chi connectivity index (χ2v) is 7.04. The molecule has 2 aliphatic rings. The summed E-state index contributed by atoms with van der Waals surface area (Å²) < 4.78 is 0. The van der Waals surface area contributed by atoms with E-state index in [1.165, 1.54) is 38.1 Å². The Kier molecular flexibility index (Phi) is 3.51. The maximum Gasteiger partial charge on any atom is 0.293 e. The van der Waals surface area contributed by atoms with Crippen molar-refractivity contribution in [1.82, 2.24) is 9.97 Å². The lowest BCUT2D eigenvalue weighted by atomic mass is 9.77. The van der Waals surface area contributed by atoms with E-state index in [9.17, 15) is 14.9 Å². The number of nitro benzene ring substituents is 1. The molecule has 1 saturated carbocycles. The highest BCUT2D eigenvalue weighted by atomic mass is 16.6. The summed E-state index contributed by atoms with van der Waals surface area (Å²) in [6.07, 6.45) is 8.71. The summed E-state index contributed by atoms with van der Waals surface area (Å²) in [5.74, 6) is 0. The van der Waals surface area contributed by atoms with Gasteiger partial charge >= 0.3 is 0 Å². The van der Waals surface area contributed by atoms with Crippen LogP contribution in [-0.2, 0) is 0 Å². The Balaban J connectivity index is 1.72. The van der Waals surface area contributed by atoms with E-state index in [1.807, 2.05) is 0 Å². The second kappa shape index (κ2) is 5.58. The minimum atomic E-state index is -0.402. The highest BCUT2D eigenvalue weighted by Crippen LogP contribution is 2.47. The molecule has 7 heteroatoms. The average molecular weight is 328 g/mol. The Morgan fingerprint density at radius 2 is 1.88 bits per heavy atom. The van der Waals surface area contributed by atoms with Crippen LogP contribution in [0.2, 0.25) is 0 Å². The highest BCUT2D eigenvalue weighted by Gasteiger charge is 2.38. The van der Waals surface area contributed by atoms with Crippen molar-refractivity contribution >= 4 is 22.3 Å². The van der Waals surface area contributed by atoms with E-state index in [1.54, 1.807) is 6.07 Å². The SMILES string of the molecule is O=c1[nH]cnc2cc(N3CCC4(CCCC4)CC3)c([N+](=O)[O-])cc12. The molecule has 0 bridgehead atoms. The molecule has 0 unspecified atom stereocenters. The van der Waals surface area contributed by atoms with Crippen molar-refractivity contribution in [3.05, 3.63) is 38.9 Å². The summed E-state index contributed by atoms with van der Waals surface area (Å²) in [6.45, 7) is 1.66. The molecular weight excluding hydrogens is 308 g/mol. The van der Waals surface area contributed by atoms with Gasteiger partial charge in [-0.3, -0.25) is 14.9 Å². The van der Waals surface area contributed by atoms with Crippen molar-refractivity contribution in [1.29, 1.82) is 0 Å². The van der Waals surface area contributed by atoms with Gasteiger partial charge in [-0.2, -0.15) is 0 Å². The van der Waals surface area contributed by atoms with Crippen molar-refractivity contribution in [3.8, 4) is 0 Å². The van der Waals surface area contributed by atoms with E-state index in [4.69, 9.17) is 0 Å². The Hall–Kier alpha value is -2.44. The molecular formula is C17H20N4O3. The zero-order valence-electron chi connectivity index (χ0n) is 13.5. The summed E-state index contributed by atoms with van der Waals surface area (Å²) >= 11 is 0. The molecule has 7 nitrogen and oxygen atoms in total. The van der Waals surface area contributed by atoms with Crippen LogP contribution in [0.15, 0.2) is 23.3 Å². The van der Waals surface area contributed by atoms with E-state index in [0.717, 1.165) is 25.9 Å². The minimum absolute atomic E-state index is 0.0108. The number of nitrogens with one attached hydrogen (secondary N) is 1. The van der Waals surface area contributed by atoms with Gasteiger partial charge in [0.15, 0.2) is 0 Å². The molecule has 0 radical (unpaired) electrons. The molecule has 126 valence electrons. The number of piperidine rings is 1. The highest BCUT2D eigenvalue weighted by molar-refractivity contribution is 5.87. The largest absolute Gasteiger partial charge is 0.366 e. The van der Waals surface area contributed by atoms with Gasteiger partial charge < -0.3 is 9.88 Å². The lowest BCUT2D eigenvalue weighted by molar-refractivity contribution is -0.384. The van der Waals surface area contributed by atoms with Crippen LogP contribution in [-0.4, -0.2) is 28.0 Å². The van der Waals surface area contributed by atoms with Gasteiger partial charge in [-0.1, -0.05) is 12.8 Å². The summed E-state index contributed by atoms with van der Waals surface area (Å²) in [5, 5.41) is 11.8. The van der Waals surface area contributed by atoms with Crippen LogP contribution < -0.4 is 10.5 Å². The van der Waals surface area contributed by atoms with Crippen molar-refractivity contribution in [2.24, 2.45) is 5.41 Å². The molecule has 1 saturated heterocycles. The fourth-order valence-electron chi connectivity index (χ4n) is 4.34. The molecule has 1 N–H and O–H groups in total. The summed E-state index contributed by atoms with van der Waals surface area (Å²) in [5.41, 5.74) is 1.18. The van der Waals surface area contributed by atoms with Crippen LogP contribution in [0.4, 0.5) is 11.4 Å². The summed E-state index contributed by atoms with van der Waals surface area (Å²) in [6, 6.07) is 3.05. The van der Waals surface area contributed by atoms with Gasteiger partial charge in [0.05, 0.1) is 22.2 Å². The molecule has 1 aliphatic heterocycles. The number of anilines is 1. The van der Waals surface area contributed by atoms with E-state index in [2.05, 4.69) is 14.9 Å². The first-order valence-corrected chi connectivity index (χ1v) is 8.49. The van der Waals surface area contributed by atoms with Crippen LogP contribution in [0.3, 0.4) is 0 Å². The monoisotopic (exact) mass is 328 g/mol. The molecule has 1 aromatic carbocycles. The van der Waals surface area contributed by atoms with Crippen molar-refractivity contribution < 1.29 is 4.92 Å². The zero-order valence-corrected chi connectivity index (χ0v) is 13.5. The van der Waals surface area contributed by atoms with Crippen LogP contribution in [0.5, 0.6) is 0 Å². The number of rotatable bonds is 2. The van der Waals surface area contributed by atoms with Gasteiger partial charge in [0.2, 0.25) is 0 Å². The summed E-state index contributed by atoms with van der Waals surface area (Å²) in [4.78, 5) is 31.7. The first-order chi connectivity index (χ1) is 11.6. The van der Waals surface area contributed by atoms with Crippen LogP contribution >= 0.6 is 0 Å². The third-order valence-electron chi connectivity index (χ3n) is 5.76. The number of fused-ring (bicyclic) bond motifs is 1. The predicted octanol–water partition coefficient (Wildman–Crippen LogP) is 2.99. The standard InChI is InChI=1S/C17H20N4O3/c22-16-12-9-15(21(23)24)14(10-13(12)18-11-19-16)20-7-5-17(6-8-20)3-1-2-4-17/h9-11H,1-8H2,(H,18,19,22). The maximum atomic E-state index is 11.9. The molecule has 2 fully saturated rings. The number of nitrogens with zero attached hydrogens (tertiary/aromatic N) is 3. The summed E-state index contributed by atoms with van der Waals surface area (Å²) in [7, 11) is 0. The van der Waals surface area contributed by atoms with Crippen molar-refractivity contribution in [3.63, 3.8) is 0 Å². The lowest BCUT2D eigenvalue weighted by Crippen LogP contribution is -2.39. The molecule has 2 heterocycles. The van der Waals surface area contributed by atoms with Crippen LogP contribution in [0.1, 0.15) is 38.5 Å². The minimum Gasteiger partial charge on any atom is -0.366 e. The molecule has 24 heavy (non-hydrogen) atoms. The average Bonchev–Trinajstić information content (AvgIpc) is 3.03. The Labute approximate surface area is 138 Å². The van der Waals surface area contributed by atoms with Gasteiger partial charge in [-0.25, -0.2) is 4.98 Å². The number of aromatic amines is 1. The van der Waals surface area contributed by atoms with Crippen molar-refractivity contribution in [2.45, 2.75) is 38.5 Å². The molecule has 1 aliphatic carbocycles. The first kappa shape index (κ1) is 15.1. The quantitative estimate of drug-likeness (QED) is 0.676. The number of H-pyrrole nitrogens is 1. The van der Waals surface area contributed by atoms with Crippen LogP contribution in [0, 0.1) is 15.5 Å². The third-order valence-corrected chi connectivity index (χ3v) is 5.76. The van der Waals surface area contributed by atoms with Gasteiger partial charge in [0.1, 0.15) is 5.69 Å². The van der Waals surface area contributed by atoms with E-state index < -0.39 is 4.92 Å². The molecule has 2 aromatic rings. The maximum absolute atomic E-state index is 11.9. The van der Waals surface area contributed by atoms with Gasteiger partial charge in [-0.15, -0.1) is 0 Å². The normalized spacial score (nSPS) is 19.9. The Bertz CT molecular complexity index is 845. The number of hydrogen-bond donors (Lipinski definition) is 1. The van der Waals surface area contributed by atoms with Crippen molar-refractivity contribution in [2.75, 3.05) is 18.0 Å². The molecule has 0 atom stereocenters. The fourth-order valence-corrected chi connectivity index (χ4v) is 4.34. The lowest BCUT2D eigenvalue weighted by Gasteiger charge is -2.40. The molecule has 1 spiro atoms. The zero-order chi connectivity index (χ0) is 16.7. The van der Waals surface area contributed by atoms with E-state index in [0.29, 0.717) is 16.6 Å². The third kappa shape index (κ3) is 2.44. The van der Waals surface area contributed by atoms with E-state index >= 15 is 0 Å². The number of benzene rings is 1. The van der Waals surface area contributed by atoms with Gasteiger partial charge in [0.25, 0.3) is 11.2 Å². The smallest absolute Gasteiger partial charge is 0.293 e. The van der Waals surface area contributed by atoms with Gasteiger partial charge in [-0.05, 0) is 37.2 Å². The molecule has 0 amide bonds. The van der Waals surface area contributed by atoms with Gasteiger partial charge in [0, 0.05) is 19.2 Å². The predicted molar refractivity (Wildman–Crippen MR) is 91.4 cm³/mol. The fraction of sp³-hybridized carbons (Fsp3) is 0.529. The number of aromatic nitrogens is 2.